The van der Waals surface area contributed by atoms with Crippen molar-refractivity contribution in [2.45, 2.75) is 25.5 Å². The second-order valence-corrected chi connectivity index (χ2v) is 4.95. The van der Waals surface area contributed by atoms with E-state index in [4.69, 9.17) is 10.5 Å². The van der Waals surface area contributed by atoms with Crippen LogP contribution in [0, 0.1) is 11.6 Å². The van der Waals surface area contributed by atoms with E-state index in [2.05, 4.69) is 4.90 Å². The molecule has 2 unspecified atom stereocenters. The highest BCUT2D eigenvalue weighted by Crippen LogP contribution is 2.25. The number of benzene rings is 1. The van der Waals surface area contributed by atoms with Crippen molar-refractivity contribution < 1.29 is 13.5 Å². The van der Waals surface area contributed by atoms with Gasteiger partial charge in [0.2, 0.25) is 0 Å². The first kappa shape index (κ1) is 14.4. The van der Waals surface area contributed by atoms with E-state index in [9.17, 15) is 8.78 Å². The lowest BCUT2D eigenvalue weighted by molar-refractivity contribution is 0.0608. The molecule has 1 aromatic carbocycles. The van der Waals surface area contributed by atoms with Gasteiger partial charge >= 0.3 is 0 Å². The van der Waals surface area contributed by atoms with Gasteiger partial charge in [-0.25, -0.2) is 8.78 Å². The standard InChI is InChI=1S/C14H20F2N2O/c1-10-9-18(5-2-6-19-10)14(8-17)12-4-3-11(15)7-13(12)16/h3-4,7,10,14H,2,5-6,8-9,17H2,1H3. The van der Waals surface area contributed by atoms with Crippen LogP contribution in [0.5, 0.6) is 0 Å². The number of hydrogen-bond acceptors (Lipinski definition) is 3. The summed E-state index contributed by atoms with van der Waals surface area (Å²) in [5.41, 5.74) is 6.25. The molecule has 5 heteroatoms. The molecular weight excluding hydrogens is 250 g/mol. The zero-order valence-corrected chi connectivity index (χ0v) is 11.1. The van der Waals surface area contributed by atoms with Gasteiger partial charge in [0, 0.05) is 37.9 Å². The van der Waals surface area contributed by atoms with Crippen LogP contribution in [0.3, 0.4) is 0 Å². The molecule has 0 aromatic heterocycles. The maximum absolute atomic E-state index is 13.9. The Morgan fingerprint density at radius 1 is 1.47 bits per heavy atom. The van der Waals surface area contributed by atoms with Crippen LogP contribution in [0.15, 0.2) is 18.2 Å². The lowest BCUT2D eigenvalue weighted by atomic mass is 10.0. The SMILES string of the molecule is CC1CN(C(CN)c2ccc(F)cc2F)CCCO1. The van der Waals surface area contributed by atoms with Crippen molar-refractivity contribution in [3.8, 4) is 0 Å². The molecule has 0 aliphatic carbocycles. The van der Waals surface area contributed by atoms with Crippen molar-refractivity contribution in [2.24, 2.45) is 5.73 Å². The van der Waals surface area contributed by atoms with Crippen LogP contribution in [0.2, 0.25) is 0 Å². The third-order valence-corrected chi connectivity index (χ3v) is 3.47. The van der Waals surface area contributed by atoms with Gasteiger partial charge in [-0.1, -0.05) is 6.07 Å². The topological polar surface area (TPSA) is 38.5 Å². The van der Waals surface area contributed by atoms with Gasteiger partial charge < -0.3 is 10.5 Å². The van der Waals surface area contributed by atoms with Gasteiger partial charge in [-0.15, -0.1) is 0 Å². The maximum Gasteiger partial charge on any atom is 0.130 e. The van der Waals surface area contributed by atoms with Crippen LogP contribution in [0.25, 0.3) is 0 Å². The van der Waals surface area contributed by atoms with E-state index in [-0.39, 0.29) is 12.1 Å². The van der Waals surface area contributed by atoms with Gasteiger partial charge in [-0.2, -0.15) is 0 Å². The minimum Gasteiger partial charge on any atom is -0.377 e. The Labute approximate surface area is 112 Å². The van der Waals surface area contributed by atoms with E-state index in [0.29, 0.717) is 25.3 Å². The van der Waals surface area contributed by atoms with Crippen molar-refractivity contribution in [1.82, 2.24) is 4.90 Å². The third-order valence-electron chi connectivity index (χ3n) is 3.47. The number of nitrogens with zero attached hydrogens (tertiary/aromatic N) is 1. The Bertz CT molecular complexity index is 428. The minimum absolute atomic E-state index is 0.0973. The van der Waals surface area contributed by atoms with Gasteiger partial charge in [-0.3, -0.25) is 4.90 Å². The van der Waals surface area contributed by atoms with E-state index in [1.165, 1.54) is 12.1 Å². The summed E-state index contributed by atoms with van der Waals surface area (Å²) in [4.78, 5) is 2.12. The predicted molar refractivity (Wildman–Crippen MR) is 69.8 cm³/mol. The Morgan fingerprint density at radius 2 is 2.26 bits per heavy atom. The molecule has 0 amide bonds. The normalized spacial score (nSPS) is 23.1. The monoisotopic (exact) mass is 270 g/mol. The number of rotatable bonds is 3. The van der Waals surface area contributed by atoms with Crippen LogP contribution in [-0.4, -0.2) is 37.2 Å². The smallest absolute Gasteiger partial charge is 0.130 e. The van der Waals surface area contributed by atoms with Gasteiger partial charge in [-0.05, 0) is 19.4 Å². The molecule has 2 rings (SSSR count). The molecule has 19 heavy (non-hydrogen) atoms. The fraction of sp³-hybridized carbons (Fsp3) is 0.571. The lowest BCUT2D eigenvalue weighted by Gasteiger charge is -2.31. The summed E-state index contributed by atoms with van der Waals surface area (Å²) < 4.78 is 32.4. The van der Waals surface area contributed by atoms with Crippen LogP contribution < -0.4 is 5.73 Å². The largest absolute Gasteiger partial charge is 0.377 e. The molecule has 0 bridgehead atoms. The Balaban J connectivity index is 2.22. The first-order valence-electron chi connectivity index (χ1n) is 6.62. The van der Waals surface area contributed by atoms with E-state index < -0.39 is 11.6 Å². The highest BCUT2D eigenvalue weighted by molar-refractivity contribution is 5.22. The molecule has 1 aliphatic heterocycles. The van der Waals surface area contributed by atoms with E-state index in [1.54, 1.807) is 0 Å². The summed E-state index contributed by atoms with van der Waals surface area (Å²) in [6, 6.07) is 3.44. The molecule has 1 aliphatic rings. The molecule has 2 atom stereocenters. The average molecular weight is 270 g/mol. The zero-order valence-electron chi connectivity index (χ0n) is 11.1. The summed E-state index contributed by atoms with van der Waals surface area (Å²) in [6.07, 6.45) is 0.990. The molecule has 2 N–H and O–H groups in total. The first-order valence-corrected chi connectivity index (χ1v) is 6.62. The van der Waals surface area contributed by atoms with E-state index >= 15 is 0 Å². The summed E-state index contributed by atoms with van der Waals surface area (Å²) in [5, 5.41) is 0. The van der Waals surface area contributed by atoms with Gasteiger partial charge in [0.1, 0.15) is 11.6 Å². The Morgan fingerprint density at radius 3 is 2.95 bits per heavy atom. The molecule has 1 saturated heterocycles. The average Bonchev–Trinajstić information content (AvgIpc) is 2.58. The van der Waals surface area contributed by atoms with Crippen molar-refractivity contribution in [2.75, 3.05) is 26.2 Å². The highest BCUT2D eigenvalue weighted by Gasteiger charge is 2.25. The summed E-state index contributed by atoms with van der Waals surface area (Å²) in [6.45, 7) is 4.52. The fourth-order valence-corrected chi connectivity index (χ4v) is 2.55. The number of halogens is 2. The second-order valence-electron chi connectivity index (χ2n) is 4.95. The molecule has 0 saturated carbocycles. The highest BCUT2D eigenvalue weighted by atomic mass is 19.1. The van der Waals surface area contributed by atoms with Gasteiger partial charge in [0.15, 0.2) is 0 Å². The molecule has 106 valence electrons. The quantitative estimate of drug-likeness (QED) is 0.914. The predicted octanol–water partition coefficient (Wildman–Crippen LogP) is 2.08. The Kier molecular flexibility index (Phi) is 4.85. The Hall–Kier alpha value is -1.04. The van der Waals surface area contributed by atoms with Crippen molar-refractivity contribution >= 4 is 0 Å². The third kappa shape index (κ3) is 3.49. The zero-order chi connectivity index (χ0) is 13.8. The maximum atomic E-state index is 13.9. The fourth-order valence-electron chi connectivity index (χ4n) is 2.55. The number of hydrogen-bond donors (Lipinski definition) is 1. The van der Waals surface area contributed by atoms with Gasteiger partial charge in [0.05, 0.1) is 12.1 Å². The molecule has 0 spiro atoms. The molecule has 1 aromatic rings. The summed E-state index contributed by atoms with van der Waals surface area (Å²) >= 11 is 0. The van der Waals surface area contributed by atoms with Crippen LogP contribution in [0.4, 0.5) is 8.78 Å². The number of ether oxygens (including phenoxy) is 1. The number of nitrogens with two attached hydrogens (primary N) is 1. The summed E-state index contributed by atoms with van der Waals surface area (Å²) in [5.74, 6) is -1.10. The van der Waals surface area contributed by atoms with Crippen molar-refractivity contribution in [1.29, 1.82) is 0 Å². The van der Waals surface area contributed by atoms with Gasteiger partial charge in [0.25, 0.3) is 0 Å². The molecule has 1 heterocycles. The van der Waals surface area contributed by atoms with Crippen molar-refractivity contribution in [3.05, 3.63) is 35.4 Å². The van der Waals surface area contributed by atoms with E-state index in [1.807, 2.05) is 6.92 Å². The van der Waals surface area contributed by atoms with Crippen LogP contribution >= 0.6 is 0 Å². The molecule has 1 fully saturated rings. The minimum atomic E-state index is -0.565. The van der Waals surface area contributed by atoms with E-state index in [0.717, 1.165) is 19.0 Å². The molecule has 0 radical (unpaired) electrons. The van der Waals surface area contributed by atoms with Crippen LogP contribution in [-0.2, 0) is 4.74 Å². The second kappa shape index (κ2) is 6.41. The molecular formula is C14H20F2N2O. The molecule has 3 nitrogen and oxygen atoms in total. The van der Waals surface area contributed by atoms with Crippen LogP contribution in [0.1, 0.15) is 24.9 Å². The van der Waals surface area contributed by atoms with Crippen molar-refractivity contribution in [3.63, 3.8) is 0 Å². The lowest BCUT2D eigenvalue weighted by Crippen LogP contribution is -2.38. The first-order chi connectivity index (χ1) is 9.11. The summed E-state index contributed by atoms with van der Waals surface area (Å²) in [7, 11) is 0.